The lowest BCUT2D eigenvalue weighted by Crippen LogP contribution is -2.35. The second-order valence-electron chi connectivity index (χ2n) is 9.93. The maximum atomic E-state index is 13.5. The molecule has 2 N–H and O–H groups in total. The average Bonchev–Trinajstić information content (AvgIpc) is 2.83. The Kier molecular flexibility index (Phi) is 11.3. The minimum absolute atomic E-state index is 0.0347. The number of allylic oxidation sites excluding steroid dienone is 1. The van der Waals surface area contributed by atoms with Gasteiger partial charge in [-0.05, 0) is 76.6 Å². The van der Waals surface area contributed by atoms with Gasteiger partial charge < -0.3 is 15.2 Å². The summed E-state index contributed by atoms with van der Waals surface area (Å²) in [5.74, 6) is -1.34. The average molecular weight is 607 g/mol. The van der Waals surface area contributed by atoms with Crippen molar-refractivity contribution in [2.45, 2.75) is 69.3 Å². The minimum atomic E-state index is -5.14. The van der Waals surface area contributed by atoms with Crippen molar-refractivity contribution >= 4 is 29.3 Å². The summed E-state index contributed by atoms with van der Waals surface area (Å²) in [6.45, 7) is 8.36. The molecule has 226 valence electrons. The molecule has 41 heavy (non-hydrogen) atoms. The molecule has 0 aliphatic heterocycles. The van der Waals surface area contributed by atoms with Gasteiger partial charge in [0.05, 0.1) is 36.0 Å². The van der Waals surface area contributed by atoms with Crippen LogP contribution in [0.25, 0.3) is 0 Å². The molecule has 0 aliphatic carbocycles. The molecule has 0 unspecified atom stereocenters. The van der Waals surface area contributed by atoms with Crippen LogP contribution in [0.1, 0.15) is 51.3 Å². The van der Waals surface area contributed by atoms with Crippen LogP contribution in [-0.4, -0.2) is 45.8 Å². The number of carbonyl (C=O) groups is 2. The van der Waals surface area contributed by atoms with Crippen LogP contribution in [-0.2, 0) is 33.2 Å². The molecule has 0 atom stereocenters. The Morgan fingerprint density at radius 1 is 1.00 bits per heavy atom. The monoisotopic (exact) mass is 606 g/mol. The Morgan fingerprint density at radius 3 is 2.10 bits per heavy atom. The number of aliphatic carboxylic acids is 1. The SMILES string of the molecule is C/C=C(/CN(CC(=O)Nc1ccc(C(F)(F)F)cc1C(F)(F)F)Cc1ccc(SC(C)(C)C(=O)O)cc1)OC(C)C. The number of nitrogens with one attached hydrogen (secondary N) is 1. The number of ether oxygens (including phenoxy) is 1. The summed E-state index contributed by atoms with van der Waals surface area (Å²) in [4.78, 5) is 26.6. The Morgan fingerprint density at radius 2 is 1.61 bits per heavy atom. The molecular formula is C28H32F6N2O4S. The fourth-order valence-corrected chi connectivity index (χ4v) is 4.55. The molecule has 1 amide bonds. The zero-order chi connectivity index (χ0) is 31.2. The van der Waals surface area contributed by atoms with Crippen LogP contribution in [0.2, 0.25) is 0 Å². The molecule has 2 aromatic rings. The Bertz CT molecular complexity index is 1240. The highest BCUT2D eigenvalue weighted by Gasteiger charge is 2.38. The Balaban J connectivity index is 2.29. The Hall–Kier alpha value is -3.19. The van der Waals surface area contributed by atoms with Crippen molar-refractivity contribution in [2.75, 3.05) is 18.4 Å². The minimum Gasteiger partial charge on any atom is -0.494 e. The third-order valence-electron chi connectivity index (χ3n) is 5.60. The third kappa shape index (κ3) is 10.6. The molecule has 0 fully saturated rings. The van der Waals surface area contributed by atoms with E-state index in [0.29, 0.717) is 22.8 Å². The van der Waals surface area contributed by atoms with Crippen molar-refractivity contribution in [2.24, 2.45) is 0 Å². The number of thioether (sulfide) groups is 1. The smallest absolute Gasteiger partial charge is 0.418 e. The molecule has 0 heterocycles. The number of carbonyl (C=O) groups excluding carboxylic acids is 1. The highest BCUT2D eigenvalue weighted by atomic mass is 32.2. The number of anilines is 1. The number of carboxylic acid groups (broad SMARTS) is 1. The first kappa shape index (κ1) is 34.0. The number of amides is 1. The summed E-state index contributed by atoms with van der Waals surface area (Å²) in [6.07, 6.45) is -8.62. The molecule has 2 aromatic carbocycles. The predicted molar refractivity (Wildman–Crippen MR) is 144 cm³/mol. The van der Waals surface area contributed by atoms with Crippen LogP contribution in [0.4, 0.5) is 32.0 Å². The lowest BCUT2D eigenvalue weighted by Gasteiger charge is -2.25. The van der Waals surface area contributed by atoms with Crippen LogP contribution in [0.3, 0.4) is 0 Å². The van der Waals surface area contributed by atoms with Gasteiger partial charge in [0.1, 0.15) is 10.5 Å². The van der Waals surface area contributed by atoms with E-state index in [9.17, 15) is 41.0 Å². The number of hydrogen-bond donors (Lipinski definition) is 2. The van der Waals surface area contributed by atoms with E-state index in [-0.39, 0.29) is 25.3 Å². The van der Waals surface area contributed by atoms with Crippen LogP contribution >= 0.6 is 11.8 Å². The molecule has 2 rings (SSSR count). The fraction of sp³-hybridized carbons (Fsp3) is 0.429. The first-order valence-corrected chi connectivity index (χ1v) is 13.3. The highest BCUT2D eigenvalue weighted by Crippen LogP contribution is 2.39. The number of rotatable bonds is 12. The summed E-state index contributed by atoms with van der Waals surface area (Å²) in [7, 11) is 0. The standard InChI is InChI=1S/C28H32F6N2O4S/c1-6-20(40-17(2)3)15-36(14-18-7-10-21(11-8-18)41-26(4,5)25(38)39)16-24(37)35-23-12-9-19(27(29,30)31)13-22(23)28(32,33)34/h6-13,17H,14-16H2,1-5H3,(H,35,37)(H,38,39)/b20-6-. The fourth-order valence-electron chi connectivity index (χ4n) is 3.60. The van der Waals surface area contributed by atoms with Gasteiger partial charge >= 0.3 is 18.3 Å². The Labute approximate surface area is 238 Å². The van der Waals surface area contributed by atoms with Crippen LogP contribution in [0.15, 0.2) is 59.2 Å². The summed E-state index contributed by atoms with van der Waals surface area (Å²) in [5.41, 5.74) is -3.16. The maximum Gasteiger partial charge on any atom is 0.418 e. The quantitative estimate of drug-likeness (QED) is 0.149. The van der Waals surface area contributed by atoms with Crippen LogP contribution in [0.5, 0.6) is 0 Å². The van der Waals surface area contributed by atoms with Gasteiger partial charge in [0.2, 0.25) is 5.91 Å². The van der Waals surface area contributed by atoms with Crippen LogP contribution in [0, 0.1) is 0 Å². The maximum absolute atomic E-state index is 13.5. The van der Waals surface area contributed by atoms with E-state index in [4.69, 9.17) is 4.74 Å². The van der Waals surface area contributed by atoms with Gasteiger partial charge in [0.15, 0.2) is 0 Å². The van der Waals surface area contributed by atoms with Crippen molar-refractivity contribution in [3.05, 3.63) is 71.0 Å². The first-order valence-electron chi connectivity index (χ1n) is 12.5. The number of alkyl halides is 6. The van der Waals surface area contributed by atoms with Gasteiger partial charge in [-0.25, -0.2) is 0 Å². The number of nitrogens with zero attached hydrogens (tertiary/aromatic N) is 1. The molecular weight excluding hydrogens is 574 g/mol. The predicted octanol–water partition coefficient (Wildman–Crippen LogP) is 7.45. The van der Waals surface area contributed by atoms with Crippen LogP contribution < -0.4 is 5.32 Å². The molecule has 0 aromatic heterocycles. The number of carboxylic acids is 1. The largest absolute Gasteiger partial charge is 0.494 e. The molecule has 0 aliphatic rings. The molecule has 0 bridgehead atoms. The number of halogens is 6. The second-order valence-corrected chi connectivity index (χ2v) is 11.6. The second kappa shape index (κ2) is 13.6. The molecule has 0 saturated heterocycles. The van der Waals surface area contributed by atoms with E-state index in [1.54, 1.807) is 69.9 Å². The van der Waals surface area contributed by atoms with Gasteiger partial charge in [0.25, 0.3) is 0 Å². The molecule has 6 nitrogen and oxygen atoms in total. The molecule has 0 spiro atoms. The van der Waals surface area contributed by atoms with Crippen molar-refractivity contribution < 1.29 is 45.8 Å². The highest BCUT2D eigenvalue weighted by molar-refractivity contribution is 8.01. The van der Waals surface area contributed by atoms with Crippen molar-refractivity contribution in [1.29, 1.82) is 0 Å². The summed E-state index contributed by atoms with van der Waals surface area (Å²) >= 11 is 1.15. The lowest BCUT2D eigenvalue weighted by atomic mass is 10.1. The zero-order valence-electron chi connectivity index (χ0n) is 23.1. The van der Waals surface area contributed by atoms with Gasteiger partial charge in [-0.2, -0.15) is 26.3 Å². The molecule has 0 radical (unpaired) electrons. The zero-order valence-corrected chi connectivity index (χ0v) is 23.9. The van der Waals surface area contributed by atoms with Gasteiger partial charge in [-0.3, -0.25) is 14.5 Å². The number of benzene rings is 2. The van der Waals surface area contributed by atoms with Gasteiger partial charge in [-0.1, -0.05) is 12.1 Å². The lowest BCUT2D eigenvalue weighted by molar-refractivity contribution is -0.143. The molecule has 13 heteroatoms. The topological polar surface area (TPSA) is 78.9 Å². The van der Waals surface area contributed by atoms with Crippen molar-refractivity contribution in [3.63, 3.8) is 0 Å². The van der Waals surface area contributed by atoms with E-state index in [0.717, 1.165) is 17.3 Å². The first-order chi connectivity index (χ1) is 18.8. The van der Waals surface area contributed by atoms with Crippen molar-refractivity contribution in [3.8, 4) is 0 Å². The van der Waals surface area contributed by atoms with E-state index >= 15 is 0 Å². The third-order valence-corrected chi connectivity index (χ3v) is 6.79. The van der Waals surface area contributed by atoms with Crippen molar-refractivity contribution in [1.82, 2.24) is 4.90 Å². The molecule has 0 saturated carbocycles. The van der Waals surface area contributed by atoms with Gasteiger partial charge in [-0.15, -0.1) is 11.8 Å². The summed E-state index contributed by atoms with van der Waals surface area (Å²) in [5, 5.41) is 11.5. The summed E-state index contributed by atoms with van der Waals surface area (Å²) in [6, 6.07) is 7.95. The van der Waals surface area contributed by atoms with E-state index in [1.165, 1.54) is 0 Å². The van der Waals surface area contributed by atoms with E-state index in [2.05, 4.69) is 5.32 Å². The van der Waals surface area contributed by atoms with Gasteiger partial charge in [0, 0.05) is 11.4 Å². The normalized spacial score (nSPS) is 13.0. The number of hydrogen-bond acceptors (Lipinski definition) is 5. The van der Waals surface area contributed by atoms with E-state index < -0.39 is 52.3 Å². The van der Waals surface area contributed by atoms with E-state index in [1.807, 2.05) is 0 Å². The summed E-state index contributed by atoms with van der Waals surface area (Å²) < 4.78 is 84.4.